The average molecular weight is 530 g/mol. The Kier molecular flexibility index (Phi) is 10.1. The van der Waals surface area contributed by atoms with E-state index in [0.29, 0.717) is 30.4 Å². The number of dihydropyridines is 1. The molecular weight excluding hydrogens is 499 g/mol. The van der Waals surface area contributed by atoms with Crippen molar-refractivity contribution < 1.29 is 27.8 Å². The van der Waals surface area contributed by atoms with Crippen molar-refractivity contribution in [2.24, 2.45) is 0 Å². The number of thiocarbonyl (C=S) groups is 1. The van der Waals surface area contributed by atoms with Crippen molar-refractivity contribution in [2.75, 3.05) is 13.1 Å². The second-order valence-corrected chi connectivity index (χ2v) is 10.7. The normalized spacial score (nSPS) is 14.4. The maximum atomic E-state index is 12.5. The zero-order valence-electron chi connectivity index (χ0n) is 20.0. The fourth-order valence-corrected chi connectivity index (χ4v) is 4.54. The number of carboxylic acid groups (broad SMARTS) is 1. The standard InChI is InChI=1S/C24H30F3N3O3S2/c1-5-18(29-22(34)35-23(3,4)21(31)32)12-13-30(20-11-6-16(2)14-28-20)15-17-7-9-19(10-8-17)33-24(25,26)27/h5-11,28H,12-15H2,1-4H3,(H,29,34)(H,31,32)/b18-5-. The van der Waals surface area contributed by atoms with Crippen molar-refractivity contribution >= 4 is 34.3 Å². The van der Waals surface area contributed by atoms with Gasteiger partial charge in [-0.1, -0.05) is 53.8 Å². The van der Waals surface area contributed by atoms with Crippen LogP contribution in [0.15, 0.2) is 59.6 Å². The molecule has 0 saturated carbocycles. The number of alkyl halides is 3. The number of aliphatic carboxylic acids is 1. The Balaban J connectivity index is 2.09. The van der Waals surface area contributed by atoms with Gasteiger partial charge >= 0.3 is 12.3 Å². The third kappa shape index (κ3) is 9.85. The summed E-state index contributed by atoms with van der Waals surface area (Å²) in [4.78, 5) is 13.5. The molecule has 0 fully saturated rings. The second-order valence-electron chi connectivity index (χ2n) is 8.43. The highest BCUT2D eigenvalue weighted by Crippen LogP contribution is 2.26. The van der Waals surface area contributed by atoms with Crippen LogP contribution in [0, 0.1) is 0 Å². The molecule has 1 aromatic rings. The summed E-state index contributed by atoms with van der Waals surface area (Å²) in [6.45, 7) is 8.80. The molecule has 0 bridgehead atoms. The van der Waals surface area contributed by atoms with Crippen LogP contribution in [0.5, 0.6) is 5.75 Å². The number of nitrogens with one attached hydrogen (secondary N) is 2. The summed E-state index contributed by atoms with van der Waals surface area (Å²) < 4.78 is 40.6. The van der Waals surface area contributed by atoms with Crippen molar-refractivity contribution in [3.63, 3.8) is 0 Å². The molecule has 192 valence electrons. The number of hydrogen-bond donors (Lipinski definition) is 3. The van der Waals surface area contributed by atoms with Crippen molar-refractivity contribution in [3.05, 3.63) is 65.1 Å². The van der Waals surface area contributed by atoms with Gasteiger partial charge < -0.3 is 25.4 Å². The molecule has 1 aliphatic heterocycles. The highest BCUT2D eigenvalue weighted by molar-refractivity contribution is 8.24. The zero-order valence-corrected chi connectivity index (χ0v) is 21.7. The van der Waals surface area contributed by atoms with E-state index < -0.39 is 17.1 Å². The fourth-order valence-electron chi connectivity index (χ4n) is 3.05. The first-order valence-corrected chi connectivity index (χ1v) is 12.1. The van der Waals surface area contributed by atoms with Crippen LogP contribution < -0.4 is 15.4 Å². The monoisotopic (exact) mass is 529 g/mol. The largest absolute Gasteiger partial charge is 0.573 e. The third-order valence-electron chi connectivity index (χ3n) is 5.07. The Morgan fingerprint density at radius 2 is 1.94 bits per heavy atom. The number of halogens is 3. The first-order chi connectivity index (χ1) is 16.3. The van der Waals surface area contributed by atoms with Crippen LogP contribution in [0.3, 0.4) is 0 Å². The molecule has 0 aliphatic carbocycles. The lowest BCUT2D eigenvalue weighted by atomic mass is 10.1. The lowest BCUT2D eigenvalue weighted by molar-refractivity contribution is -0.274. The van der Waals surface area contributed by atoms with Crippen LogP contribution in [0.2, 0.25) is 0 Å². The summed E-state index contributed by atoms with van der Waals surface area (Å²) in [6.07, 6.45) is 1.73. The summed E-state index contributed by atoms with van der Waals surface area (Å²) in [5.41, 5.74) is 2.84. The Labute approximate surface area is 213 Å². The van der Waals surface area contributed by atoms with Crippen molar-refractivity contribution in [1.29, 1.82) is 0 Å². The topological polar surface area (TPSA) is 73.8 Å². The molecule has 0 atom stereocenters. The van der Waals surface area contributed by atoms with Crippen LogP contribution in [-0.4, -0.2) is 44.5 Å². The van der Waals surface area contributed by atoms with Gasteiger partial charge in [-0.05, 0) is 51.5 Å². The van der Waals surface area contributed by atoms with Gasteiger partial charge in [0.05, 0.1) is 0 Å². The van der Waals surface area contributed by atoms with E-state index in [4.69, 9.17) is 12.2 Å². The van der Waals surface area contributed by atoms with Gasteiger partial charge in [-0.3, -0.25) is 4.79 Å². The third-order valence-corrected chi connectivity index (χ3v) is 6.39. The number of nitrogens with zero attached hydrogens (tertiary/aromatic N) is 1. The van der Waals surface area contributed by atoms with E-state index >= 15 is 0 Å². The smallest absolute Gasteiger partial charge is 0.480 e. The molecule has 1 aromatic carbocycles. The molecule has 0 amide bonds. The molecule has 0 aromatic heterocycles. The van der Waals surface area contributed by atoms with E-state index in [2.05, 4.69) is 20.3 Å². The summed E-state index contributed by atoms with van der Waals surface area (Å²) in [5, 5.41) is 15.8. The molecule has 11 heteroatoms. The lowest BCUT2D eigenvalue weighted by Crippen LogP contribution is -2.36. The van der Waals surface area contributed by atoms with Gasteiger partial charge in [0.15, 0.2) is 0 Å². The first-order valence-electron chi connectivity index (χ1n) is 10.9. The van der Waals surface area contributed by atoms with Crippen molar-refractivity contribution in [2.45, 2.75) is 51.8 Å². The predicted octanol–water partition coefficient (Wildman–Crippen LogP) is 5.54. The van der Waals surface area contributed by atoms with Gasteiger partial charge in [-0.2, -0.15) is 0 Å². The van der Waals surface area contributed by atoms with E-state index in [1.807, 2.05) is 32.1 Å². The number of ether oxygens (including phenoxy) is 1. The molecule has 2 rings (SSSR count). The number of hydrogen-bond acceptors (Lipinski definition) is 6. The maximum absolute atomic E-state index is 12.5. The number of carbonyl (C=O) groups is 1. The minimum atomic E-state index is -4.73. The van der Waals surface area contributed by atoms with Crippen molar-refractivity contribution in [1.82, 2.24) is 15.5 Å². The Morgan fingerprint density at radius 3 is 2.46 bits per heavy atom. The van der Waals surface area contributed by atoms with E-state index in [1.165, 1.54) is 17.7 Å². The SMILES string of the molecule is C/C=C(/CCN(Cc1ccc(OC(F)(F)F)cc1)C1=CC=C(C)CN1)NC(=S)SC(C)(C)C(=O)O. The van der Waals surface area contributed by atoms with E-state index in [-0.39, 0.29) is 5.75 Å². The number of carboxylic acids is 1. The first kappa shape index (κ1) is 28.6. The number of benzene rings is 1. The van der Waals surface area contributed by atoms with Crippen LogP contribution >= 0.6 is 24.0 Å². The molecule has 0 radical (unpaired) electrons. The van der Waals surface area contributed by atoms with Gasteiger partial charge in [0.2, 0.25) is 0 Å². The average Bonchev–Trinajstić information content (AvgIpc) is 2.76. The molecule has 3 N–H and O–H groups in total. The fraction of sp³-hybridized carbons (Fsp3) is 0.417. The molecule has 0 unspecified atom stereocenters. The van der Waals surface area contributed by atoms with Crippen LogP contribution in [0.1, 0.15) is 39.7 Å². The quantitative estimate of drug-likeness (QED) is 0.341. The Bertz CT molecular complexity index is 1000. The summed E-state index contributed by atoms with van der Waals surface area (Å²) in [6, 6.07) is 5.80. The summed E-state index contributed by atoms with van der Waals surface area (Å²) in [7, 11) is 0. The lowest BCUT2D eigenvalue weighted by Gasteiger charge is -2.30. The minimum Gasteiger partial charge on any atom is -0.480 e. The Morgan fingerprint density at radius 1 is 1.29 bits per heavy atom. The van der Waals surface area contributed by atoms with Crippen LogP contribution in [0.25, 0.3) is 0 Å². The molecular formula is C24H30F3N3O3S2. The zero-order chi connectivity index (χ0) is 26.2. The number of thioether (sulfide) groups is 1. The molecule has 0 saturated heterocycles. The predicted molar refractivity (Wildman–Crippen MR) is 137 cm³/mol. The summed E-state index contributed by atoms with van der Waals surface area (Å²) >= 11 is 6.41. The van der Waals surface area contributed by atoms with E-state index in [9.17, 15) is 23.1 Å². The Hall–Kier alpha value is -2.66. The highest BCUT2D eigenvalue weighted by atomic mass is 32.2. The molecule has 35 heavy (non-hydrogen) atoms. The molecule has 6 nitrogen and oxygen atoms in total. The van der Waals surface area contributed by atoms with Crippen LogP contribution in [0.4, 0.5) is 13.2 Å². The van der Waals surface area contributed by atoms with Crippen LogP contribution in [-0.2, 0) is 11.3 Å². The second kappa shape index (κ2) is 12.3. The molecule has 1 aliphatic rings. The number of rotatable bonds is 10. The van der Waals surface area contributed by atoms with E-state index in [1.54, 1.807) is 26.0 Å². The summed E-state index contributed by atoms with van der Waals surface area (Å²) in [5.74, 6) is -0.326. The van der Waals surface area contributed by atoms with Gasteiger partial charge in [0, 0.05) is 31.8 Å². The maximum Gasteiger partial charge on any atom is 0.573 e. The van der Waals surface area contributed by atoms with E-state index in [0.717, 1.165) is 28.8 Å². The molecule has 1 heterocycles. The minimum absolute atomic E-state index is 0.267. The van der Waals surface area contributed by atoms with Gasteiger partial charge in [0.25, 0.3) is 0 Å². The van der Waals surface area contributed by atoms with Gasteiger partial charge in [0.1, 0.15) is 20.6 Å². The number of allylic oxidation sites excluding steroid dienone is 3. The van der Waals surface area contributed by atoms with Gasteiger partial charge in [-0.25, -0.2) is 0 Å². The van der Waals surface area contributed by atoms with Gasteiger partial charge in [-0.15, -0.1) is 13.2 Å². The van der Waals surface area contributed by atoms with Crippen molar-refractivity contribution in [3.8, 4) is 5.75 Å². The highest BCUT2D eigenvalue weighted by Gasteiger charge is 2.31. The molecule has 0 spiro atoms.